The maximum atomic E-state index is 13.4. The van der Waals surface area contributed by atoms with Gasteiger partial charge in [0.25, 0.3) is 5.91 Å². The lowest BCUT2D eigenvalue weighted by Gasteiger charge is -2.18. The van der Waals surface area contributed by atoms with Crippen molar-refractivity contribution in [3.05, 3.63) is 70.5 Å². The summed E-state index contributed by atoms with van der Waals surface area (Å²) in [5.41, 5.74) is 2.91. The second-order valence-electron chi connectivity index (χ2n) is 5.44. The smallest absolute Gasteiger partial charge is 0.251 e. The van der Waals surface area contributed by atoms with Crippen molar-refractivity contribution in [1.29, 1.82) is 0 Å². The summed E-state index contributed by atoms with van der Waals surface area (Å²) in [7, 11) is 0. The van der Waals surface area contributed by atoms with E-state index in [1.807, 2.05) is 24.3 Å². The van der Waals surface area contributed by atoms with Gasteiger partial charge in [0, 0.05) is 12.0 Å². The van der Waals surface area contributed by atoms with Gasteiger partial charge in [0.15, 0.2) is 0 Å². The first kappa shape index (κ1) is 13.8. The Morgan fingerprint density at radius 2 is 2.05 bits per heavy atom. The molecular weight excluding hydrogens is 269 g/mol. The Bertz CT molecular complexity index is 679. The summed E-state index contributed by atoms with van der Waals surface area (Å²) in [5.74, 6) is -0.814. The minimum absolute atomic E-state index is 0.268. The SMILES string of the molecule is Cc1cc(F)cc(C(=O)N[C@@H]2c3ccccc3C[C@@H]2O)c1. The van der Waals surface area contributed by atoms with Crippen LogP contribution < -0.4 is 5.32 Å². The Morgan fingerprint density at radius 3 is 2.81 bits per heavy atom. The fourth-order valence-electron chi connectivity index (χ4n) is 2.84. The summed E-state index contributed by atoms with van der Waals surface area (Å²) in [6.07, 6.45) is -0.135. The lowest BCUT2D eigenvalue weighted by molar-refractivity contribution is 0.0857. The number of benzene rings is 2. The minimum Gasteiger partial charge on any atom is -0.390 e. The Balaban J connectivity index is 1.85. The highest BCUT2D eigenvalue weighted by atomic mass is 19.1. The third-order valence-electron chi connectivity index (χ3n) is 3.79. The van der Waals surface area contributed by atoms with Crippen LogP contribution in [0.3, 0.4) is 0 Å². The van der Waals surface area contributed by atoms with Crippen LogP contribution in [0.25, 0.3) is 0 Å². The molecule has 0 saturated carbocycles. The zero-order chi connectivity index (χ0) is 15.0. The van der Waals surface area contributed by atoms with Gasteiger partial charge in [-0.05, 0) is 41.8 Å². The molecule has 2 aromatic rings. The van der Waals surface area contributed by atoms with Gasteiger partial charge in [0.05, 0.1) is 12.1 Å². The van der Waals surface area contributed by atoms with E-state index in [9.17, 15) is 14.3 Å². The summed E-state index contributed by atoms with van der Waals surface area (Å²) in [4.78, 5) is 12.3. The summed E-state index contributed by atoms with van der Waals surface area (Å²) in [6, 6.07) is 11.4. The standard InChI is InChI=1S/C17H16FNO2/c1-10-6-12(8-13(18)7-10)17(21)19-16-14-5-3-2-4-11(14)9-15(16)20/h2-8,15-16,20H,9H2,1H3,(H,19,21)/t15-,16+/m0/s1. The van der Waals surface area contributed by atoms with Gasteiger partial charge >= 0.3 is 0 Å². The largest absolute Gasteiger partial charge is 0.390 e. The number of carbonyl (C=O) groups is 1. The molecular formula is C17H16FNO2. The molecule has 0 bridgehead atoms. The first-order chi connectivity index (χ1) is 10.0. The van der Waals surface area contributed by atoms with Gasteiger partial charge in [0.2, 0.25) is 0 Å². The van der Waals surface area contributed by atoms with Crippen molar-refractivity contribution in [3.8, 4) is 0 Å². The van der Waals surface area contributed by atoms with Crippen molar-refractivity contribution in [2.24, 2.45) is 0 Å². The van der Waals surface area contributed by atoms with Crippen LogP contribution in [0, 0.1) is 12.7 Å². The van der Waals surface area contributed by atoms with Crippen LogP contribution in [-0.4, -0.2) is 17.1 Å². The van der Waals surface area contributed by atoms with Crippen LogP contribution in [-0.2, 0) is 6.42 Å². The molecule has 108 valence electrons. The van der Waals surface area contributed by atoms with Gasteiger partial charge in [-0.25, -0.2) is 4.39 Å². The van der Waals surface area contributed by atoms with Crippen LogP contribution in [0.4, 0.5) is 4.39 Å². The number of carbonyl (C=O) groups excluding carboxylic acids is 1. The molecule has 0 spiro atoms. The number of aliphatic hydroxyl groups excluding tert-OH is 1. The van der Waals surface area contributed by atoms with E-state index in [2.05, 4.69) is 5.32 Å². The van der Waals surface area contributed by atoms with E-state index >= 15 is 0 Å². The number of aliphatic hydroxyl groups is 1. The maximum absolute atomic E-state index is 13.4. The monoisotopic (exact) mass is 285 g/mol. The van der Waals surface area contributed by atoms with Crippen molar-refractivity contribution in [2.45, 2.75) is 25.5 Å². The molecule has 1 aliphatic rings. The van der Waals surface area contributed by atoms with Crippen molar-refractivity contribution >= 4 is 5.91 Å². The third kappa shape index (κ3) is 2.67. The number of rotatable bonds is 2. The molecule has 0 heterocycles. The topological polar surface area (TPSA) is 49.3 Å². The quantitative estimate of drug-likeness (QED) is 0.890. The molecule has 2 aromatic carbocycles. The molecule has 1 aliphatic carbocycles. The number of fused-ring (bicyclic) bond motifs is 1. The third-order valence-corrected chi connectivity index (χ3v) is 3.79. The number of hydrogen-bond acceptors (Lipinski definition) is 2. The van der Waals surface area contributed by atoms with Gasteiger partial charge in [0.1, 0.15) is 5.82 Å². The van der Waals surface area contributed by atoms with E-state index < -0.39 is 18.0 Å². The lowest BCUT2D eigenvalue weighted by Crippen LogP contribution is -2.33. The Kier molecular flexibility index (Phi) is 3.47. The average Bonchev–Trinajstić information content (AvgIpc) is 2.74. The highest BCUT2D eigenvalue weighted by molar-refractivity contribution is 5.94. The van der Waals surface area contributed by atoms with E-state index in [4.69, 9.17) is 0 Å². The number of amides is 1. The Hall–Kier alpha value is -2.20. The molecule has 0 fully saturated rings. The molecule has 0 aromatic heterocycles. The zero-order valence-electron chi connectivity index (χ0n) is 11.6. The first-order valence-electron chi connectivity index (χ1n) is 6.88. The molecule has 1 amide bonds. The fraction of sp³-hybridized carbons (Fsp3) is 0.235. The van der Waals surface area contributed by atoms with Gasteiger partial charge in [-0.2, -0.15) is 0 Å². The summed E-state index contributed by atoms with van der Waals surface area (Å²) < 4.78 is 13.4. The van der Waals surface area contributed by atoms with E-state index in [0.717, 1.165) is 11.1 Å². The predicted octanol–water partition coefficient (Wildman–Crippen LogP) is 2.52. The number of aryl methyl sites for hydroxylation is 1. The van der Waals surface area contributed by atoms with Gasteiger partial charge < -0.3 is 10.4 Å². The normalized spacial score (nSPS) is 20.1. The molecule has 2 N–H and O–H groups in total. The van der Waals surface area contributed by atoms with Crippen molar-refractivity contribution in [1.82, 2.24) is 5.32 Å². The first-order valence-corrected chi connectivity index (χ1v) is 6.88. The fourth-order valence-corrected chi connectivity index (χ4v) is 2.84. The van der Waals surface area contributed by atoms with Gasteiger partial charge in [-0.15, -0.1) is 0 Å². The molecule has 0 aliphatic heterocycles. The summed E-state index contributed by atoms with van der Waals surface area (Å²) >= 11 is 0. The van der Waals surface area contributed by atoms with Crippen LogP contribution >= 0.6 is 0 Å². The zero-order valence-corrected chi connectivity index (χ0v) is 11.6. The van der Waals surface area contributed by atoms with Crippen molar-refractivity contribution in [3.63, 3.8) is 0 Å². The molecule has 4 heteroatoms. The minimum atomic E-state index is -0.652. The highest BCUT2D eigenvalue weighted by Crippen LogP contribution is 2.31. The van der Waals surface area contributed by atoms with Gasteiger partial charge in [-0.3, -0.25) is 4.79 Å². The average molecular weight is 285 g/mol. The number of nitrogens with one attached hydrogen (secondary N) is 1. The number of hydrogen-bond donors (Lipinski definition) is 2. The molecule has 3 nitrogen and oxygen atoms in total. The summed E-state index contributed by atoms with van der Waals surface area (Å²) in [6.45, 7) is 1.74. The molecule has 2 atom stereocenters. The second kappa shape index (κ2) is 5.30. The van der Waals surface area contributed by atoms with E-state index in [1.165, 1.54) is 12.1 Å². The van der Waals surface area contributed by atoms with Crippen molar-refractivity contribution in [2.75, 3.05) is 0 Å². The van der Waals surface area contributed by atoms with E-state index in [1.54, 1.807) is 13.0 Å². The van der Waals surface area contributed by atoms with Crippen LogP contribution in [0.1, 0.15) is 33.1 Å². The second-order valence-corrected chi connectivity index (χ2v) is 5.44. The Labute approximate surface area is 122 Å². The number of halogens is 1. The van der Waals surface area contributed by atoms with Crippen LogP contribution in [0.2, 0.25) is 0 Å². The van der Waals surface area contributed by atoms with E-state index in [0.29, 0.717) is 12.0 Å². The lowest BCUT2D eigenvalue weighted by atomic mass is 10.1. The summed E-state index contributed by atoms with van der Waals surface area (Å²) in [5, 5.41) is 12.9. The van der Waals surface area contributed by atoms with Gasteiger partial charge in [-0.1, -0.05) is 24.3 Å². The van der Waals surface area contributed by atoms with E-state index in [-0.39, 0.29) is 11.5 Å². The molecule has 0 radical (unpaired) electrons. The van der Waals surface area contributed by atoms with Crippen molar-refractivity contribution < 1.29 is 14.3 Å². The molecule has 21 heavy (non-hydrogen) atoms. The Morgan fingerprint density at radius 1 is 1.29 bits per heavy atom. The predicted molar refractivity (Wildman–Crippen MR) is 77.5 cm³/mol. The highest BCUT2D eigenvalue weighted by Gasteiger charge is 2.32. The molecule has 0 unspecified atom stereocenters. The van der Waals surface area contributed by atoms with Crippen LogP contribution in [0.5, 0.6) is 0 Å². The maximum Gasteiger partial charge on any atom is 0.251 e. The van der Waals surface area contributed by atoms with Crippen LogP contribution in [0.15, 0.2) is 42.5 Å². The molecule has 3 rings (SSSR count). The molecule has 0 saturated heterocycles.